The van der Waals surface area contributed by atoms with E-state index in [9.17, 15) is 0 Å². The lowest BCUT2D eigenvalue weighted by Crippen LogP contribution is -2.16. The van der Waals surface area contributed by atoms with Crippen LogP contribution < -0.4 is 10.6 Å². The van der Waals surface area contributed by atoms with Crippen LogP contribution in [0, 0.1) is 6.92 Å². The second-order valence-electron chi connectivity index (χ2n) is 4.28. The summed E-state index contributed by atoms with van der Waals surface area (Å²) in [5.74, 6) is 0.800. The summed E-state index contributed by atoms with van der Waals surface area (Å²) < 4.78 is 0. The first-order valence-corrected chi connectivity index (χ1v) is 5.86. The SMILES string of the molecule is Cc1ccc(N(C)c2cc(C(N)=NO)ccn2)cc1. The number of nitrogens with zero attached hydrogens (tertiary/aromatic N) is 3. The number of rotatable bonds is 3. The van der Waals surface area contributed by atoms with E-state index in [1.165, 1.54) is 5.56 Å². The van der Waals surface area contributed by atoms with Crippen LogP contribution in [0.25, 0.3) is 0 Å². The minimum absolute atomic E-state index is 0.0703. The van der Waals surface area contributed by atoms with Crippen LogP contribution >= 0.6 is 0 Å². The smallest absolute Gasteiger partial charge is 0.170 e. The quantitative estimate of drug-likeness (QED) is 0.382. The molecule has 1 aromatic carbocycles. The van der Waals surface area contributed by atoms with Crippen LogP contribution in [0.2, 0.25) is 0 Å². The number of nitrogens with two attached hydrogens (primary N) is 1. The van der Waals surface area contributed by atoms with Crippen LogP contribution in [0.1, 0.15) is 11.1 Å². The molecule has 1 aromatic heterocycles. The molecule has 0 radical (unpaired) electrons. The number of pyridine rings is 1. The minimum atomic E-state index is 0.0703. The Kier molecular flexibility index (Phi) is 3.66. The first kappa shape index (κ1) is 12.9. The van der Waals surface area contributed by atoms with Gasteiger partial charge in [-0.05, 0) is 31.2 Å². The zero-order valence-electron chi connectivity index (χ0n) is 10.9. The van der Waals surface area contributed by atoms with Gasteiger partial charge in [0, 0.05) is 24.5 Å². The molecule has 1 heterocycles. The molecule has 0 aliphatic rings. The summed E-state index contributed by atoms with van der Waals surface area (Å²) >= 11 is 0. The highest BCUT2D eigenvalue weighted by atomic mass is 16.4. The molecule has 0 amide bonds. The van der Waals surface area contributed by atoms with Gasteiger partial charge >= 0.3 is 0 Å². The monoisotopic (exact) mass is 256 g/mol. The fourth-order valence-electron chi connectivity index (χ4n) is 1.72. The van der Waals surface area contributed by atoms with Crippen molar-refractivity contribution in [2.45, 2.75) is 6.92 Å². The highest BCUT2D eigenvalue weighted by molar-refractivity contribution is 5.97. The molecule has 19 heavy (non-hydrogen) atoms. The van der Waals surface area contributed by atoms with Crippen LogP contribution in [-0.2, 0) is 0 Å². The first-order chi connectivity index (χ1) is 9.11. The number of anilines is 2. The van der Waals surface area contributed by atoms with Crippen LogP contribution in [-0.4, -0.2) is 23.1 Å². The molecule has 0 saturated heterocycles. The molecule has 0 bridgehead atoms. The molecule has 2 aromatic rings. The summed E-state index contributed by atoms with van der Waals surface area (Å²) in [6, 6.07) is 11.6. The van der Waals surface area contributed by atoms with Crippen LogP contribution in [0.15, 0.2) is 47.8 Å². The fourth-order valence-corrected chi connectivity index (χ4v) is 1.72. The average Bonchev–Trinajstić information content (AvgIpc) is 2.46. The maximum absolute atomic E-state index is 8.69. The van der Waals surface area contributed by atoms with Gasteiger partial charge in [-0.25, -0.2) is 4.98 Å². The van der Waals surface area contributed by atoms with Gasteiger partial charge in [0.25, 0.3) is 0 Å². The number of benzene rings is 1. The van der Waals surface area contributed by atoms with E-state index in [0.29, 0.717) is 5.56 Å². The highest BCUT2D eigenvalue weighted by Crippen LogP contribution is 2.22. The largest absolute Gasteiger partial charge is 0.409 e. The Morgan fingerprint density at radius 3 is 2.58 bits per heavy atom. The topological polar surface area (TPSA) is 74.7 Å². The molecular formula is C14H16N4O. The van der Waals surface area contributed by atoms with Crippen molar-refractivity contribution >= 4 is 17.3 Å². The zero-order chi connectivity index (χ0) is 13.8. The average molecular weight is 256 g/mol. The molecule has 5 nitrogen and oxygen atoms in total. The second-order valence-corrected chi connectivity index (χ2v) is 4.28. The Labute approximate surface area is 112 Å². The van der Waals surface area contributed by atoms with Crippen LogP contribution in [0.4, 0.5) is 11.5 Å². The maximum atomic E-state index is 8.69. The molecule has 2 rings (SSSR count). The van der Waals surface area contributed by atoms with E-state index >= 15 is 0 Å². The van der Waals surface area contributed by atoms with E-state index in [1.54, 1.807) is 18.3 Å². The van der Waals surface area contributed by atoms with Crippen molar-refractivity contribution in [2.24, 2.45) is 10.9 Å². The standard InChI is InChI=1S/C14H16N4O/c1-10-3-5-12(6-4-10)18(2)13-9-11(7-8-16-13)14(15)17-19/h3-9,19H,1-2H3,(H2,15,17). The van der Waals surface area contributed by atoms with Gasteiger partial charge in [0.05, 0.1) is 0 Å². The van der Waals surface area contributed by atoms with Crippen molar-refractivity contribution in [1.29, 1.82) is 0 Å². The van der Waals surface area contributed by atoms with Crippen LogP contribution in [0.5, 0.6) is 0 Å². The lowest BCUT2D eigenvalue weighted by molar-refractivity contribution is 0.318. The number of hydrogen-bond donors (Lipinski definition) is 2. The lowest BCUT2D eigenvalue weighted by Gasteiger charge is -2.19. The summed E-state index contributed by atoms with van der Waals surface area (Å²) in [5, 5.41) is 11.7. The van der Waals surface area contributed by atoms with Gasteiger partial charge in [-0.15, -0.1) is 0 Å². The molecule has 0 aliphatic carbocycles. The third kappa shape index (κ3) is 2.82. The van der Waals surface area contributed by atoms with E-state index in [1.807, 2.05) is 43.1 Å². The number of aryl methyl sites for hydroxylation is 1. The number of hydrogen-bond acceptors (Lipinski definition) is 4. The van der Waals surface area contributed by atoms with E-state index < -0.39 is 0 Å². The predicted octanol–water partition coefficient (Wildman–Crippen LogP) is 2.25. The molecule has 0 atom stereocenters. The molecule has 0 saturated carbocycles. The summed E-state index contributed by atoms with van der Waals surface area (Å²) in [6.45, 7) is 2.04. The summed E-state index contributed by atoms with van der Waals surface area (Å²) in [7, 11) is 1.92. The van der Waals surface area contributed by atoms with Crippen molar-refractivity contribution in [2.75, 3.05) is 11.9 Å². The summed E-state index contributed by atoms with van der Waals surface area (Å²) in [6.07, 6.45) is 1.63. The molecule has 0 fully saturated rings. The zero-order valence-corrected chi connectivity index (χ0v) is 10.9. The van der Waals surface area contributed by atoms with Gasteiger partial charge in [-0.3, -0.25) is 0 Å². The van der Waals surface area contributed by atoms with Crippen LogP contribution in [0.3, 0.4) is 0 Å². The molecule has 0 aliphatic heterocycles. The van der Waals surface area contributed by atoms with E-state index in [2.05, 4.69) is 10.1 Å². The Hall–Kier alpha value is -2.56. The third-order valence-corrected chi connectivity index (χ3v) is 2.91. The Bertz CT molecular complexity index is 593. The van der Waals surface area contributed by atoms with Crippen molar-refractivity contribution in [3.63, 3.8) is 0 Å². The van der Waals surface area contributed by atoms with Crippen molar-refractivity contribution < 1.29 is 5.21 Å². The maximum Gasteiger partial charge on any atom is 0.170 e. The van der Waals surface area contributed by atoms with Crippen molar-refractivity contribution in [3.8, 4) is 0 Å². The number of oxime groups is 1. The Morgan fingerprint density at radius 2 is 1.95 bits per heavy atom. The molecule has 0 unspecified atom stereocenters. The van der Waals surface area contributed by atoms with Crippen molar-refractivity contribution in [1.82, 2.24) is 4.98 Å². The predicted molar refractivity (Wildman–Crippen MR) is 76.0 cm³/mol. The second kappa shape index (κ2) is 5.39. The Balaban J connectivity index is 2.33. The summed E-state index contributed by atoms with van der Waals surface area (Å²) in [4.78, 5) is 6.23. The first-order valence-electron chi connectivity index (χ1n) is 5.86. The van der Waals surface area contributed by atoms with Gasteiger partial charge in [0.2, 0.25) is 0 Å². The van der Waals surface area contributed by atoms with Crippen molar-refractivity contribution in [3.05, 3.63) is 53.7 Å². The van der Waals surface area contributed by atoms with E-state index in [-0.39, 0.29) is 5.84 Å². The molecular weight excluding hydrogens is 240 g/mol. The lowest BCUT2D eigenvalue weighted by atomic mass is 10.2. The van der Waals surface area contributed by atoms with Gasteiger partial charge in [-0.2, -0.15) is 0 Å². The summed E-state index contributed by atoms with van der Waals surface area (Å²) in [5.41, 5.74) is 8.43. The van der Waals surface area contributed by atoms with Gasteiger partial charge in [0.1, 0.15) is 5.82 Å². The third-order valence-electron chi connectivity index (χ3n) is 2.91. The highest BCUT2D eigenvalue weighted by Gasteiger charge is 2.07. The molecule has 98 valence electrons. The molecule has 3 N–H and O–H groups in total. The minimum Gasteiger partial charge on any atom is -0.409 e. The number of amidine groups is 1. The number of aromatic nitrogens is 1. The fraction of sp³-hybridized carbons (Fsp3) is 0.143. The van der Waals surface area contributed by atoms with E-state index in [4.69, 9.17) is 10.9 Å². The van der Waals surface area contributed by atoms with Gasteiger partial charge < -0.3 is 15.8 Å². The van der Waals surface area contributed by atoms with E-state index in [0.717, 1.165) is 11.5 Å². The van der Waals surface area contributed by atoms with Gasteiger partial charge in [0.15, 0.2) is 5.84 Å². The Morgan fingerprint density at radius 1 is 1.26 bits per heavy atom. The molecule has 0 spiro atoms. The normalized spacial score (nSPS) is 11.4. The van der Waals surface area contributed by atoms with Gasteiger partial charge in [-0.1, -0.05) is 22.9 Å². The molecule has 5 heteroatoms.